The fourth-order valence-electron chi connectivity index (χ4n) is 2.72. The zero-order chi connectivity index (χ0) is 13.7. The van der Waals surface area contributed by atoms with Gasteiger partial charge in [-0.2, -0.15) is 0 Å². The lowest BCUT2D eigenvalue weighted by Crippen LogP contribution is -2.38. The van der Waals surface area contributed by atoms with Gasteiger partial charge in [-0.15, -0.1) is 11.3 Å². The van der Waals surface area contributed by atoms with Crippen LogP contribution in [0.15, 0.2) is 17.5 Å². The van der Waals surface area contributed by atoms with Gasteiger partial charge < -0.3 is 10.2 Å². The smallest absolute Gasteiger partial charge is 0.223 e. The van der Waals surface area contributed by atoms with Crippen molar-refractivity contribution in [3.8, 4) is 0 Å². The predicted octanol–water partition coefficient (Wildman–Crippen LogP) is 3.05. The van der Waals surface area contributed by atoms with E-state index in [0.29, 0.717) is 6.54 Å². The minimum absolute atomic E-state index is 0.250. The third kappa shape index (κ3) is 4.05. The maximum absolute atomic E-state index is 12.2. The molecule has 1 aromatic rings. The topological polar surface area (TPSA) is 32.3 Å². The van der Waals surface area contributed by atoms with E-state index in [1.807, 2.05) is 0 Å². The first-order chi connectivity index (χ1) is 9.18. The quantitative estimate of drug-likeness (QED) is 0.899. The molecule has 0 saturated heterocycles. The van der Waals surface area contributed by atoms with Crippen LogP contribution in [-0.4, -0.2) is 31.4 Å². The van der Waals surface area contributed by atoms with Crippen molar-refractivity contribution < 1.29 is 4.79 Å². The number of thiophene rings is 1. The maximum Gasteiger partial charge on any atom is 0.223 e. The highest BCUT2D eigenvalue weighted by Crippen LogP contribution is 2.25. The van der Waals surface area contributed by atoms with Gasteiger partial charge in [-0.3, -0.25) is 4.79 Å². The number of hydrogen-bond donors (Lipinski definition) is 1. The monoisotopic (exact) mass is 280 g/mol. The summed E-state index contributed by atoms with van der Waals surface area (Å²) < 4.78 is 0. The lowest BCUT2D eigenvalue weighted by molar-refractivity contribution is -0.126. The number of nitrogens with one attached hydrogen (secondary N) is 1. The summed E-state index contributed by atoms with van der Waals surface area (Å²) in [6.45, 7) is 0.711. The molecule has 2 rings (SSSR count). The standard InChI is InChI=1S/C15H24N2OS/c1-17(2)13(14-9-6-10-19-14)11-16-15(18)12-7-4-3-5-8-12/h6,9-10,12-13H,3-5,7-8,11H2,1-2H3,(H,16,18). The van der Waals surface area contributed by atoms with Crippen molar-refractivity contribution >= 4 is 17.2 Å². The third-order valence-electron chi connectivity index (χ3n) is 3.94. The van der Waals surface area contributed by atoms with Crippen LogP contribution in [0, 0.1) is 5.92 Å². The molecule has 106 valence electrons. The van der Waals surface area contributed by atoms with Crippen LogP contribution in [-0.2, 0) is 4.79 Å². The van der Waals surface area contributed by atoms with E-state index in [9.17, 15) is 4.79 Å². The fraction of sp³-hybridized carbons (Fsp3) is 0.667. The minimum atomic E-state index is 0.250. The molecule has 4 heteroatoms. The molecule has 0 bridgehead atoms. The molecule has 0 radical (unpaired) electrons. The summed E-state index contributed by atoms with van der Waals surface area (Å²) in [7, 11) is 4.13. The second-order valence-corrected chi connectivity index (χ2v) is 6.55. The van der Waals surface area contributed by atoms with Crippen LogP contribution >= 0.6 is 11.3 Å². The number of carbonyl (C=O) groups excluding carboxylic acids is 1. The molecule has 0 aromatic carbocycles. The van der Waals surface area contributed by atoms with E-state index in [1.54, 1.807) is 11.3 Å². The molecule has 1 amide bonds. The summed E-state index contributed by atoms with van der Waals surface area (Å²) in [4.78, 5) is 15.7. The van der Waals surface area contributed by atoms with E-state index in [2.05, 4.69) is 41.8 Å². The van der Waals surface area contributed by atoms with E-state index < -0.39 is 0 Å². The number of rotatable bonds is 5. The van der Waals surface area contributed by atoms with Crippen molar-refractivity contribution in [3.05, 3.63) is 22.4 Å². The van der Waals surface area contributed by atoms with Gasteiger partial charge in [0, 0.05) is 17.3 Å². The largest absolute Gasteiger partial charge is 0.354 e. The summed E-state index contributed by atoms with van der Waals surface area (Å²) in [5.74, 6) is 0.503. The maximum atomic E-state index is 12.2. The molecule has 1 aliphatic carbocycles. The predicted molar refractivity (Wildman–Crippen MR) is 80.3 cm³/mol. The van der Waals surface area contributed by atoms with Gasteiger partial charge in [0.15, 0.2) is 0 Å². The summed E-state index contributed by atoms with van der Waals surface area (Å²) in [6, 6.07) is 4.49. The molecule has 1 aromatic heterocycles. The lowest BCUT2D eigenvalue weighted by atomic mass is 9.88. The second kappa shape index (κ2) is 7.06. The number of amides is 1. The van der Waals surface area contributed by atoms with Gasteiger partial charge >= 0.3 is 0 Å². The molecule has 1 fully saturated rings. The van der Waals surface area contributed by atoms with Crippen LogP contribution in [0.25, 0.3) is 0 Å². The van der Waals surface area contributed by atoms with Gasteiger partial charge in [0.05, 0.1) is 6.04 Å². The van der Waals surface area contributed by atoms with E-state index in [0.717, 1.165) is 12.8 Å². The first-order valence-electron chi connectivity index (χ1n) is 7.16. The Morgan fingerprint density at radius 2 is 2.16 bits per heavy atom. The van der Waals surface area contributed by atoms with Gasteiger partial charge in [0.25, 0.3) is 0 Å². The van der Waals surface area contributed by atoms with Crippen molar-refractivity contribution in [2.75, 3.05) is 20.6 Å². The highest BCUT2D eigenvalue weighted by atomic mass is 32.1. The highest BCUT2D eigenvalue weighted by molar-refractivity contribution is 7.10. The third-order valence-corrected chi connectivity index (χ3v) is 4.91. The number of hydrogen-bond acceptors (Lipinski definition) is 3. The second-order valence-electron chi connectivity index (χ2n) is 5.57. The fourth-order valence-corrected chi connectivity index (χ4v) is 3.65. The van der Waals surface area contributed by atoms with Crippen LogP contribution in [0.1, 0.15) is 43.0 Å². The Hall–Kier alpha value is -0.870. The SMILES string of the molecule is CN(C)C(CNC(=O)C1CCCCC1)c1cccs1. The van der Waals surface area contributed by atoms with Crippen molar-refractivity contribution in [1.82, 2.24) is 10.2 Å². The summed E-state index contributed by atoms with van der Waals surface area (Å²) >= 11 is 1.75. The van der Waals surface area contributed by atoms with E-state index in [1.165, 1.54) is 24.1 Å². The highest BCUT2D eigenvalue weighted by Gasteiger charge is 2.22. The first-order valence-corrected chi connectivity index (χ1v) is 8.04. The number of likely N-dealkylation sites (N-methyl/N-ethyl adjacent to an activating group) is 1. The Kier molecular flexibility index (Phi) is 5.40. The van der Waals surface area contributed by atoms with Gasteiger partial charge in [-0.1, -0.05) is 25.3 Å². The van der Waals surface area contributed by atoms with E-state index in [4.69, 9.17) is 0 Å². The van der Waals surface area contributed by atoms with Crippen LogP contribution in [0.4, 0.5) is 0 Å². The molecule has 1 unspecified atom stereocenters. The van der Waals surface area contributed by atoms with Crippen molar-refractivity contribution in [2.45, 2.75) is 38.1 Å². The molecule has 19 heavy (non-hydrogen) atoms. The Morgan fingerprint density at radius 3 is 2.74 bits per heavy atom. The van der Waals surface area contributed by atoms with E-state index in [-0.39, 0.29) is 17.9 Å². The zero-order valence-electron chi connectivity index (χ0n) is 11.9. The molecule has 0 aliphatic heterocycles. The van der Waals surface area contributed by atoms with Crippen LogP contribution in [0.5, 0.6) is 0 Å². The summed E-state index contributed by atoms with van der Waals surface area (Å²) in [5, 5.41) is 5.24. The average molecular weight is 280 g/mol. The Bertz CT molecular complexity index is 383. The van der Waals surface area contributed by atoms with Gasteiger partial charge in [-0.25, -0.2) is 0 Å². The molecule has 1 aliphatic rings. The van der Waals surface area contributed by atoms with Crippen molar-refractivity contribution in [3.63, 3.8) is 0 Å². The molecule has 1 N–H and O–H groups in total. The molecule has 1 heterocycles. The van der Waals surface area contributed by atoms with Crippen LogP contribution < -0.4 is 5.32 Å². The molecule has 0 spiro atoms. The summed E-state index contributed by atoms with van der Waals surface area (Å²) in [6.07, 6.45) is 5.84. The lowest BCUT2D eigenvalue weighted by Gasteiger charge is -2.26. The Balaban J connectivity index is 1.86. The van der Waals surface area contributed by atoms with Crippen molar-refractivity contribution in [2.24, 2.45) is 5.92 Å². The van der Waals surface area contributed by atoms with Gasteiger partial charge in [0.1, 0.15) is 0 Å². The van der Waals surface area contributed by atoms with E-state index >= 15 is 0 Å². The normalized spacial score (nSPS) is 18.5. The molecule has 1 atom stereocenters. The van der Waals surface area contributed by atoms with Crippen LogP contribution in [0.3, 0.4) is 0 Å². The molecular formula is C15H24N2OS. The summed E-state index contributed by atoms with van der Waals surface area (Å²) in [5.41, 5.74) is 0. The molecule has 1 saturated carbocycles. The van der Waals surface area contributed by atoms with Gasteiger partial charge in [0.2, 0.25) is 5.91 Å². The molecular weight excluding hydrogens is 256 g/mol. The average Bonchev–Trinajstić information content (AvgIpc) is 2.93. The number of nitrogens with zero attached hydrogens (tertiary/aromatic N) is 1. The first kappa shape index (κ1) is 14.5. The van der Waals surface area contributed by atoms with Gasteiger partial charge in [-0.05, 0) is 38.4 Å². The zero-order valence-corrected chi connectivity index (χ0v) is 12.7. The van der Waals surface area contributed by atoms with Crippen LogP contribution in [0.2, 0.25) is 0 Å². The molecule has 3 nitrogen and oxygen atoms in total. The Labute approximate surface area is 120 Å². The number of carbonyl (C=O) groups is 1. The van der Waals surface area contributed by atoms with Crippen molar-refractivity contribution in [1.29, 1.82) is 0 Å². The minimum Gasteiger partial charge on any atom is -0.354 e. The Morgan fingerprint density at radius 1 is 1.42 bits per heavy atom.